The van der Waals surface area contributed by atoms with E-state index in [1.54, 1.807) is 10.9 Å². The summed E-state index contributed by atoms with van der Waals surface area (Å²) in [6.45, 7) is 4.71. The second-order valence-corrected chi connectivity index (χ2v) is 8.53. The average molecular weight is 417 g/mol. The van der Waals surface area contributed by atoms with Crippen molar-refractivity contribution in [3.63, 3.8) is 0 Å². The first-order valence-electron chi connectivity index (χ1n) is 11.0. The van der Waals surface area contributed by atoms with Crippen LogP contribution in [0.5, 0.6) is 0 Å². The van der Waals surface area contributed by atoms with Gasteiger partial charge in [-0.15, -0.1) is 0 Å². The fourth-order valence-corrected chi connectivity index (χ4v) is 4.85. The fourth-order valence-electron chi connectivity index (χ4n) is 4.85. The van der Waals surface area contributed by atoms with Crippen molar-refractivity contribution >= 4 is 17.2 Å². The molecule has 1 aliphatic carbocycles. The highest BCUT2D eigenvalue weighted by Gasteiger charge is 2.22. The summed E-state index contributed by atoms with van der Waals surface area (Å²) in [4.78, 5) is 17.6. The summed E-state index contributed by atoms with van der Waals surface area (Å²) in [7, 11) is 0. The molecule has 4 heterocycles. The van der Waals surface area contributed by atoms with E-state index < -0.39 is 0 Å². The Morgan fingerprint density at radius 3 is 2.81 bits per heavy atom. The number of nitrogens with one attached hydrogen (secondary N) is 1. The van der Waals surface area contributed by atoms with Gasteiger partial charge in [0.1, 0.15) is 5.65 Å². The van der Waals surface area contributed by atoms with E-state index >= 15 is 0 Å². The van der Waals surface area contributed by atoms with Crippen LogP contribution in [0.2, 0.25) is 0 Å². The molecular formula is C24H28N6O. The number of amides is 1. The molecule has 7 heteroatoms. The second-order valence-electron chi connectivity index (χ2n) is 8.53. The van der Waals surface area contributed by atoms with Crippen LogP contribution in [0.25, 0.3) is 5.65 Å². The van der Waals surface area contributed by atoms with Crippen LogP contribution in [0.15, 0.2) is 49.1 Å². The number of imidazole rings is 1. The molecule has 0 atom stereocenters. The Hall–Kier alpha value is -3.35. The summed E-state index contributed by atoms with van der Waals surface area (Å²) < 4.78 is 6.15. The molecule has 5 rings (SSSR count). The number of aryl methyl sites for hydroxylation is 1. The van der Waals surface area contributed by atoms with Gasteiger partial charge in [0.05, 0.1) is 29.7 Å². The number of carbonyl (C=O) groups is 1. The summed E-state index contributed by atoms with van der Waals surface area (Å²) in [5.74, 6) is -0.0811. The predicted molar refractivity (Wildman–Crippen MR) is 121 cm³/mol. The molecule has 4 aromatic heterocycles. The third-order valence-electron chi connectivity index (χ3n) is 6.30. The molecule has 1 N–H and O–H groups in total. The van der Waals surface area contributed by atoms with Crippen LogP contribution in [0.4, 0.5) is 5.69 Å². The Morgan fingerprint density at radius 2 is 2.00 bits per heavy atom. The number of pyridine rings is 1. The molecule has 0 bridgehead atoms. The van der Waals surface area contributed by atoms with Crippen molar-refractivity contribution in [3.05, 3.63) is 71.7 Å². The van der Waals surface area contributed by atoms with Crippen molar-refractivity contribution in [1.82, 2.24) is 23.7 Å². The van der Waals surface area contributed by atoms with E-state index in [2.05, 4.69) is 33.8 Å². The minimum atomic E-state index is -0.0811. The van der Waals surface area contributed by atoms with Crippen molar-refractivity contribution in [2.45, 2.75) is 58.5 Å². The van der Waals surface area contributed by atoms with Crippen LogP contribution in [-0.4, -0.2) is 29.6 Å². The number of hydrogen-bond donors (Lipinski definition) is 1. The molecule has 0 aliphatic heterocycles. The van der Waals surface area contributed by atoms with Crippen molar-refractivity contribution in [2.24, 2.45) is 0 Å². The highest BCUT2D eigenvalue weighted by molar-refractivity contribution is 6.05. The first kappa shape index (κ1) is 19.6. The van der Waals surface area contributed by atoms with Crippen LogP contribution < -0.4 is 5.32 Å². The number of aromatic nitrogens is 5. The molecule has 1 saturated carbocycles. The Bertz CT molecular complexity index is 1190. The highest BCUT2D eigenvalue weighted by Crippen LogP contribution is 2.32. The largest absolute Gasteiger partial charge is 0.345 e. The van der Waals surface area contributed by atoms with Crippen molar-refractivity contribution < 1.29 is 4.79 Å². The van der Waals surface area contributed by atoms with E-state index in [9.17, 15) is 4.79 Å². The number of carbonyl (C=O) groups excluding carboxylic acids is 1. The molecule has 4 aromatic rings. The van der Waals surface area contributed by atoms with Gasteiger partial charge in [0.2, 0.25) is 0 Å². The minimum Gasteiger partial charge on any atom is -0.345 e. The summed E-state index contributed by atoms with van der Waals surface area (Å²) in [5.41, 5.74) is 5.48. The molecule has 0 spiro atoms. The van der Waals surface area contributed by atoms with Gasteiger partial charge in [-0.05, 0) is 44.9 Å². The normalized spacial score (nSPS) is 14.9. The highest BCUT2D eigenvalue weighted by atomic mass is 16.1. The van der Waals surface area contributed by atoms with Gasteiger partial charge in [-0.25, -0.2) is 4.98 Å². The van der Waals surface area contributed by atoms with Gasteiger partial charge >= 0.3 is 0 Å². The molecule has 31 heavy (non-hydrogen) atoms. The molecule has 0 saturated heterocycles. The van der Waals surface area contributed by atoms with E-state index in [1.165, 1.54) is 32.1 Å². The lowest BCUT2D eigenvalue weighted by atomic mass is 9.95. The van der Waals surface area contributed by atoms with Gasteiger partial charge < -0.3 is 14.3 Å². The number of nitrogens with zero attached hydrogens (tertiary/aromatic N) is 5. The molecule has 1 amide bonds. The summed E-state index contributed by atoms with van der Waals surface area (Å²) in [5, 5.41) is 7.41. The molecule has 160 valence electrons. The van der Waals surface area contributed by atoms with E-state index in [1.807, 2.05) is 47.3 Å². The molecule has 0 radical (unpaired) electrons. The van der Waals surface area contributed by atoms with E-state index in [4.69, 9.17) is 0 Å². The van der Waals surface area contributed by atoms with Crippen LogP contribution in [0, 0.1) is 13.8 Å². The van der Waals surface area contributed by atoms with Crippen molar-refractivity contribution in [2.75, 3.05) is 5.32 Å². The van der Waals surface area contributed by atoms with Crippen LogP contribution in [0.3, 0.4) is 0 Å². The minimum absolute atomic E-state index is 0.0811. The Balaban J connectivity index is 1.29. The first-order chi connectivity index (χ1) is 15.1. The first-order valence-corrected chi connectivity index (χ1v) is 11.0. The monoisotopic (exact) mass is 416 g/mol. The Labute approximate surface area is 181 Å². The molecule has 1 aliphatic rings. The SMILES string of the molecule is Cc1cc(C(=O)Nc2cnn(Cc3cn4ccccc4n3)c2)c(C)n1C1CCCCC1. The summed E-state index contributed by atoms with van der Waals surface area (Å²) in [6.07, 6.45) is 13.8. The zero-order valence-corrected chi connectivity index (χ0v) is 18.1. The lowest BCUT2D eigenvalue weighted by Crippen LogP contribution is -2.17. The van der Waals surface area contributed by atoms with Crippen molar-refractivity contribution in [3.8, 4) is 0 Å². The third-order valence-corrected chi connectivity index (χ3v) is 6.30. The molecule has 0 aromatic carbocycles. The Morgan fingerprint density at radius 1 is 1.16 bits per heavy atom. The van der Waals surface area contributed by atoms with E-state index in [0.717, 1.165) is 28.3 Å². The molecule has 7 nitrogen and oxygen atoms in total. The number of rotatable bonds is 5. The fraction of sp³-hybridized carbons (Fsp3) is 0.375. The average Bonchev–Trinajstić information content (AvgIpc) is 3.46. The van der Waals surface area contributed by atoms with Crippen LogP contribution in [0.1, 0.15) is 65.6 Å². The van der Waals surface area contributed by atoms with Gasteiger partial charge in [0.25, 0.3) is 5.91 Å². The number of anilines is 1. The number of hydrogen-bond acceptors (Lipinski definition) is 3. The van der Waals surface area contributed by atoms with Gasteiger partial charge in [0.15, 0.2) is 0 Å². The zero-order valence-electron chi connectivity index (χ0n) is 18.1. The van der Waals surface area contributed by atoms with Gasteiger partial charge in [-0.3, -0.25) is 9.48 Å². The standard InChI is InChI=1S/C24H28N6O/c1-17-12-22(18(2)30(17)21-8-4-3-5-9-21)24(31)27-19-13-25-29(15-19)16-20-14-28-11-7-6-10-23(28)26-20/h6-7,10-15,21H,3-5,8-9,16H2,1-2H3,(H,27,31). The molecule has 1 fully saturated rings. The lowest BCUT2D eigenvalue weighted by Gasteiger charge is -2.26. The van der Waals surface area contributed by atoms with Gasteiger partial charge in [0, 0.05) is 36.0 Å². The lowest BCUT2D eigenvalue weighted by molar-refractivity contribution is 0.102. The van der Waals surface area contributed by atoms with Gasteiger partial charge in [-0.2, -0.15) is 5.10 Å². The van der Waals surface area contributed by atoms with Gasteiger partial charge in [-0.1, -0.05) is 25.3 Å². The molecular weight excluding hydrogens is 388 g/mol. The van der Waals surface area contributed by atoms with Crippen molar-refractivity contribution in [1.29, 1.82) is 0 Å². The topological polar surface area (TPSA) is 69.2 Å². The summed E-state index contributed by atoms with van der Waals surface area (Å²) >= 11 is 0. The van der Waals surface area contributed by atoms with Crippen LogP contribution in [-0.2, 0) is 6.54 Å². The maximum absolute atomic E-state index is 13.0. The number of fused-ring (bicyclic) bond motifs is 1. The maximum Gasteiger partial charge on any atom is 0.257 e. The summed E-state index contributed by atoms with van der Waals surface area (Å²) in [6, 6.07) is 8.45. The van der Waals surface area contributed by atoms with E-state index in [0.29, 0.717) is 18.3 Å². The third kappa shape index (κ3) is 3.87. The predicted octanol–water partition coefficient (Wildman–Crippen LogP) is 4.75. The quantitative estimate of drug-likeness (QED) is 0.510. The second kappa shape index (κ2) is 8.06. The smallest absolute Gasteiger partial charge is 0.257 e. The molecule has 0 unspecified atom stereocenters. The van der Waals surface area contributed by atoms with Crippen LogP contribution >= 0.6 is 0 Å². The van der Waals surface area contributed by atoms with E-state index in [-0.39, 0.29) is 5.91 Å². The maximum atomic E-state index is 13.0. The zero-order chi connectivity index (χ0) is 21.4. The Kier molecular flexibility index (Phi) is 5.10.